The number of fused-ring (bicyclic) bond motifs is 2. The Morgan fingerprint density at radius 3 is 2.39 bits per heavy atom. The van der Waals surface area contributed by atoms with Gasteiger partial charge in [0.1, 0.15) is 6.04 Å². The number of alkyl halides is 3. The Labute approximate surface area is 131 Å². The van der Waals surface area contributed by atoms with E-state index in [-0.39, 0.29) is 5.92 Å². The van der Waals surface area contributed by atoms with Gasteiger partial charge in [-0.1, -0.05) is 31.2 Å². The van der Waals surface area contributed by atoms with Crippen molar-refractivity contribution in [1.82, 2.24) is 4.90 Å². The molecule has 0 unspecified atom stereocenters. The summed E-state index contributed by atoms with van der Waals surface area (Å²) in [5, 5.41) is 0. The van der Waals surface area contributed by atoms with Gasteiger partial charge in [0.25, 0.3) is 0 Å². The van der Waals surface area contributed by atoms with Crippen molar-refractivity contribution in [1.29, 1.82) is 0 Å². The molecule has 1 saturated heterocycles. The van der Waals surface area contributed by atoms with Crippen molar-refractivity contribution in [2.24, 2.45) is 5.92 Å². The Balaban J connectivity index is 2.17. The number of rotatable bonds is 1. The van der Waals surface area contributed by atoms with Gasteiger partial charge in [0.2, 0.25) is 0 Å². The second-order valence-electron chi connectivity index (χ2n) is 6.07. The zero-order valence-corrected chi connectivity index (χ0v) is 12.6. The van der Waals surface area contributed by atoms with Crippen LogP contribution in [0.15, 0.2) is 24.3 Å². The number of hydrogen-bond acceptors (Lipinski definition) is 3. The van der Waals surface area contributed by atoms with E-state index in [0.29, 0.717) is 16.9 Å². The molecule has 4 atom stereocenters. The molecule has 4 rings (SSSR count). The summed E-state index contributed by atoms with van der Waals surface area (Å²) >= 11 is 0. The van der Waals surface area contributed by atoms with Crippen LogP contribution in [0.5, 0.6) is 0 Å². The summed E-state index contributed by atoms with van der Waals surface area (Å²) in [7, 11) is 1.12. The minimum absolute atomic E-state index is 0.165. The van der Waals surface area contributed by atoms with Crippen LogP contribution in [-0.4, -0.2) is 36.1 Å². The summed E-state index contributed by atoms with van der Waals surface area (Å²) in [6.07, 6.45) is -4.48. The van der Waals surface area contributed by atoms with Crippen molar-refractivity contribution in [3.8, 4) is 0 Å². The third-order valence-corrected chi connectivity index (χ3v) is 4.78. The lowest BCUT2D eigenvalue weighted by Crippen LogP contribution is -2.61. The molecule has 0 saturated carbocycles. The Kier molecular flexibility index (Phi) is 3.61. The van der Waals surface area contributed by atoms with Crippen LogP contribution in [-0.2, 0) is 14.3 Å². The standard InChI is InChI=1S/C16H16F3NO3/c1-8-7-11-9-5-3-4-6-10(9)12(8)20(13(11)14(21)23-2)15(22)16(17,18)19/h3-6,8,11-13H,7H2,1-2H3/t8-,11+,12-,13-/m1/s1. The maximum Gasteiger partial charge on any atom is 0.471 e. The van der Waals surface area contributed by atoms with Crippen LogP contribution in [0.1, 0.15) is 36.4 Å². The minimum Gasteiger partial charge on any atom is -0.467 e. The number of esters is 1. The Morgan fingerprint density at radius 2 is 1.83 bits per heavy atom. The molecular weight excluding hydrogens is 311 g/mol. The van der Waals surface area contributed by atoms with E-state index >= 15 is 0 Å². The summed E-state index contributed by atoms with van der Waals surface area (Å²) in [5.74, 6) is -3.44. The Hall–Kier alpha value is -2.05. The monoisotopic (exact) mass is 327 g/mol. The van der Waals surface area contributed by atoms with E-state index in [2.05, 4.69) is 4.74 Å². The van der Waals surface area contributed by atoms with Crippen LogP contribution in [0.2, 0.25) is 0 Å². The van der Waals surface area contributed by atoms with Gasteiger partial charge in [0, 0.05) is 5.92 Å². The highest BCUT2D eigenvalue weighted by atomic mass is 19.4. The molecule has 2 aliphatic heterocycles. The quantitative estimate of drug-likeness (QED) is 0.745. The average Bonchev–Trinajstić information content (AvgIpc) is 2.52. The van der Waals surface area contributed by atoms with Crippen LogP contribution >= 0.6 is 0 Å². The van der Waals surface area contributed by atoms with Gasteiger partial charge in [-0.2, -0.15) is 13.2 Å². The molecule has 0 N–H and O–H groups in total. The summed E-state index contributed by atoms with van der Waals surface area (Å²) in [6, 6.07) is 5.06. The highest BCUT2D eigenvalue weighted by Gasteiger charge is 2.58. The number of benzene rings is 1. The number of hydrogen-bond donors (Lipinski definition) is 0. The van der Waals surface area contributed by atoms with Crippen molar-refractivity contribution in [3.05, 3.63) is 35.4 Å². The topological polar surface area (TPSA) is 46.6 Å². The first kappa shape index (κ1) is 15.8. The predicted molar refractivity (Wildman–Crippen MR) is 74.4 cm³/mol. The molecule has 0 aromatic heterocycles. The Morgan fingerprint density at radius 1 is 1.22 bits per heavy atom. The second-order valence-corrected chi connectivity index (χ2v) is 6.07. The number of carbonyl (C=O) groups is 2. The summed E-state index contributed by atoms with van der Waals surface area (Å²) in [4.78, 5) is 24.8. The molecule has 1 aromatic carbocycles. The molecule has 1 aliphatic carbocycles. The zero-order valence-electron chi connectivity index (χ0n) is 12.6. The van der Waals surface area contributed by atoms with Crippen molar-refractivity contribution in [2.75, 3.05) is 7.11 Å². The summed E-state index contributed by atoms with van der Waals surface area (Å²) in [5.41, 5.74) is 1.52. The number of ether oxygens (including phenoxy) is 1. The van der Waals surface area contributed by atoms with Gasteiger partial charge in [-0.3, -0.25) is 4.79 Å². The van der Waals surface area contributed by atoms with E-state index in [1.54, 1.807) is 25.1 Å². The van der Waals surface area contributed by atoms with E-state index in [1.165, 1.54) is 0 Å². The van der Waals surface area contributed by atoms with E-state index in [9.17, 15) is 22.8 Å². The van der Waals surface area contributed by atoms with Gasteiger partial charge in [0.15, 0.2) is 0 Å². The molecule has 2 bridgehead atoms. The highest BCUT2D eigenvalue weighted by Crippen LogP contribution is 2.54. The number of methoxy groups -OCH3 is 1. The molecule has 7 heteroatoms. The van der Waals surface area contributed by atoms with Crippen LogP contribution in [0.4, 0.5) is 13.2 Å². The predicted octanol–water partition coefficient (Wildman–Crippen LogP) is 2.80. The average molecular weight is 327 g/mol. The fraction of sp³-hybridized carbons (Fsp3) is 0.500. The molecule has 23 heavy (non-hydrogen) atoms. The lowest BCUT2D eigenvalue weighted by molar-refractivity contribution is -0.199. The van der Waals surface area contributed by atoms with Crippen LogP contribution in [0.3, 0.4) is 0 Å². The van der Waals surface area contributed by atoms with Gasteiger partial charge in [0.05, 0.1) is 13.2 Å². The van der Waals surface area contributed by atoms with Crippen molar-refractivity contribution in [3.63, 3.8) is 0 Å². The van der Waals surface area contributed by atoms with E-state index in [0.717, 1.165) is 12.7 Å². The molecular formula is C16H16F3NO3. The minimum atomic E-state index is -5.03. The first-order valence-electron chi connectivity index (χ1n) is 7.33. The molecule has 1 aromatic rings. The molecule has 1 amide bonds. The van der Waals surface area contributed by atoms with Crippen LogP contribution in [0.25, 0.3) is 0 Å². The molecule has 3 aliphatic rings. The number of carbonyl (C=O) groups excluding carboxylic acids is 2. The van der Waals surface area contributed by atoms with Gasteiger partial charge in [-0.05, 0) is 23.5 Å². The molecule has 0 spiro atoms. The smallest absolute Gasteiger partial charge is 0.467 e. The fourth-order valence-corrected chi connectivity index (χ4v) is 3.97. The first-order chi connectivity index (χ1) is 10.8. The van der Waals surface area contributed by atoms with Crippen molar-refractivity contribution >= 4 is 11.9 Å². The van der Waals surface area contributed by atoms with Gasteiger partial charge in [-0.15, -0.1) is 0 Å². The van der Waals surface area contributed by atoms with Gasteiger partial charge < -0.3 is 9.64 Å². The lowest BCUT2D eigenvalue weighted by Gasteiger charge is -2.53. The van der Waals surface area contributed by atoms with Crippen molar-refractivity contribution in [2.45, 2.75) is 37.5 Å². The van der Waals surface area contributed by atoms with Gasteiger partial charge in [-0.25, -0.2) is 4.79 Å². The SMILES string of the molecule is COC(=O)[C@H]1[C@H]2C[C@@H](C)[C@H](c3ccccc32)N1C(=O)C(F)(F)F. The maximum atomic E-state index is 13.1. The molecule has 124 valence electrons. The molecule has 4 nitrogen and oxygen atoms in total. The summed E-state index contributed by atoms with van der Waals surface area (Å²) < 4.78 is 43.9. The summed E-state index contributed by atoms with van der Waals surface area (Å²) in [6.45, 7) is 1.80. The number of nitrogens with zero attached hydrogens (tertiary/aromatic N) is 1. The fourth-order valence-electron chi connectivity index (χ4n) is 3.97. The Bertz CT molecular complexity index is 658. The van der Waals surface area contributed by atoms with Crippen molar-refractivity contribution < 1.29 is 27.5 Å². The zero-order chi connectivity index (χ0) is 16.9. The number of amides is 1. The van der Waals surface area contributed by atoms with Crippen LogP contribution in [0, 0.1) is 5.92 Å². The highest BCUT2D eigenvalue weighted by molar-refractivity contribution is 5.90. The lowest BCUT2D eigenvalue weighted by atomic mass is 9.66. The van der Waals surface area contributed by atoms with E-state index in [4.69, 9.17) is 0 Å². The van der Waals surface area contributed by atoms with E-state index in [1.807, 2.05) is 6.07 Å². The van der Waals surface area contributed by atoms with Crippen LogP contribution < -0.4 is 0 Å². The van der Waals surface area contributed by atoms with Gasteiger partial charge >= 0.3 is 18.1 Å². The number of piperidine rings is 1. The molecule has 1 fully saturated rings. The first-order valence-corrected chi connectivity index (χ1v) is 7.33. The third-order valence-electron chi connectivity index (χ3n) is 4.78. The third kappa shape index (κ3) is 2.29. The molecule has 0 radical (unpaired) electrons. The second kappa shape index (κ2) is 5.25. The normalized spacial score (nSPS) is 29.2. The number of halogens is 3. The molecule has 2 heterocycles. The maximum absolute atomic E-state index is 13.1. The van der Waals surface area contributed by atoms with E-state index < -0.39 is 36.1 Å². The largest absolute Gasteiger partial charge is 0.471 e.